The normalized spacial score (nSPS) is 15.1. The van der Waals surface area contributed by atoms with E-state index in [-0.39, 0.29) is 11.5 Å². The molecule has 0 bridgehead atoms. The van der Waals surface area contributed by atoms with Crippen LogP contribution in [0.4, 0.5) is 17.6 Å². The molecule has 0 heterocycles. The molecule has 0 saturated heterocycles. The number of halogens is 4. The smallest absolute Gasteiger partial charge is 0.160 e. The van der Waals surface area contributed by atoms with Crippen LogP contribution in [-0.2, 0) is 19.3 Å². The summed E-state index contributed by atoms with van der Waals surface area (Å²) in [6.45, 7) is 2.06. The van der Waals surface area contributed by atoms with Gasteiger partial charge in [0.05, 0.1) is 0 Å². The number of hydrogen-bond donors (Lipinski definition) is 0. The molecule has 3 aromatic rings. The number of hydrogen-bond acceptors (Lipinski definition) is 0. The van der Waals surface area contributed by atoms with Crippen LogP contribution in [0.1, 0.15) is 65.5 Å². The van der Waals surface area contributed by atoms with Crippen molar-refractivity contribution in [2.75, 3.05) is 0 Å². The predicted molar refractivity (Wildman–Crippen MR) is 119 cm³/mol. The highest BCUT2D eigenvalue weighted by molar-refractivity contribution is 5.47. The zero-order valence-corrected chi connectivity index (χ0v) is 18.0. The third-order valence-electron chi connectivity index (χ3n) is 6.07. The van der Waals surface area contributed by atoms with E-state index in [2.05, 4.69) is 18.8 Å². The van der Waals surface area contributed by atoms with E-state index in [1.54, 1.807) is 0 Å². The molecule has 4 rings (SSSR count). The molecule has 0 N–H and O–H groups in total. The van der Waals surface area contributed by atoms with Crippen LogP contribution in [0, 0.1) is 35.1 Å². The van der Waals surface area contributed by atoms with Gasteiger partial charge >= 0.3 is 0 Å². The number of fused-ring (bicyclic) bond motifs is 1. The van der Waals surface area contributed by atoms with Crippen molar-refractivity contribution >= 4 is 0 Å². The second kappa shape index (κ2) is 9.61. The average Bonchev–Trinajstić information content (AvgIpc) is 2.78. The molecular weight excluding hydrogens is 412 g/mol. The third-order valence-corrected chi connectivity index (χ3v) is 6.07. The molecule has 0 fully saturated rings. The van der Waals surface area contributed by atoms with E-state index < -0.39 is 23.3 Å². The molecule has 1 atom stereocenters. The van der Waals surface area contributed by atoms with Gasteiger partial charge in [-0.05, 0) is 97.2 Å². The fourth-order valence-electron chi connectivity index (χ4n) is 4.35. The maximum atomic E-state index is 14.8. The fraction of sp³-hybridized carbons (Fsp3) is 0.286. The fourth-order valence-corrected chi connectivity index (χ4v) is 4.35. The Labute approximate surface area is 186 Å². The highest BCUT2D eigenvalue weighted by atomic mass is 19.2. The Morgan fingerprint density at radius 2 is 1.47 bits per heavy atom. The van der Waals surface area contributed by atoms with E-state index in [1.165, 1.54) is 18.2 Å². The summed E-state index contributed by atoms with van der Waals surface area (Å²) in [5, 5.41) is 0. The Morgan fingerprint density at radius 1 is 0.781 bits per heavy atom. The second-order valence-electron chi connectivity index (χ2n) is 8.38. The van der Waals surface area contributed by atoms with Crippen LogP contribution in [0.15, 0.2) is 48.5 Å². The van der Waals surface area contributed by atoms with Crippen LogP contribution in [0.5, 0.6) is 0 Å². The average molecular weight is 436 g/mol. The van der Waals surface area contributed by atoms with Gasteiger partial charge in [0.2, 0.25) is 0 Å². The molecule has 3 aromatic carbocycles. The first-order valence-electron chi connectivity index (χ1n) is 11.0. The lowest BCUT2D eigenvalue weighted by molar-refractivity contribution is 0.489. The van der Waals surface area contributed by atoms with Crippen molar-refractivity contribution in [3.8, 4) is 11.8 Å². The van der Waals surface area contributed by atoms with Crippen molar-refractivity contribution in [2.24, 2.45) is 0 Å². The minimum absolute atomic E-state index is 0.193. The van der Waals surface area contributed by atoms with Gasteiger partial charge in [-0.1, -0.05) is 31.3 Å². The van der Waals surface area contributed by atoms with Gasteiger partial charge in [-0.3, -0.25) is 0 Å². The predicted octanol–water partition coefficient (Wildman–Crippen LogP) is 7.26. The minimum atomic E-state index is -0.925. The van der Waals surface area contributed by atoms with Gasteiger partial charge in [0.15, 0.2) is 11.6 Å². The van der Waals surface area contributed by atoms with Crippen LogP contribution in [0.3, 0.4) is 0 Å². The minimum Gasteiger partial charge on any atom is -0.207 e. The Balaban J connectivity index is 1.52. The van der Waals surface area contributed by atoms with E-state index in [0.29, 0.717) is 36.8 Å². The molecule has 1 aliphatic rings. The van der Waals surface area contributed by atoms with E-state index in [1.807, 2.05) is 18.2 Å². The summed E-state index contributed by atoms with van der Waals surface area (Å²) in [5.74, 6) is 2.92. The van der Waals surface area contributed by atoms with Gasteiger partial charge in [-0.15, -0.1) is 0 Å². The monoisotopic (exact) mass is 436 g/mol. The van der Waals surface area contributed by atoms with Crippen LogP contribution < -0.4 is 0 Å². The molecule has 0 saturated carbocycles. The lowest BCUT2D eigenvalue weighted by Crippen LogP contribution is -2.16. The topological polar surface area (TPSA) is 0 Å². The molecule has 0 nitrogen and oxygen atoms in total. The van der Waals surface area contributed by atoms with Crippen molar-refractivity contribution in [1.82, 2.24) is 0 Å². The molecule has 0 aliphatic heterocycles. The summed E-state index contributed by atoms with van der Waals surface area (Å²) in [7, 11) is 0. The number of unbranched alkanes of at least 4 members (excludes halogenated alkanes) is 1. The van der Waals surface area contributed by atoms with Crippen LogP contribution in [-0.4, -0.2) is 0 Å². The molecule has 1 unspecified atom stereocenters. The first kappa shape index (κ1) is 22.1. The molecule has 0 amide bonds. The Hall–Kier alpha value is -3.06. The standard InChI is InChI=1S/C28H24F4/c1-2-3-4-20-15-26(31)28(27(32)16-20)23-11-10-21-13-18(7-9-22(21)17-23)5-6-19-8-12-24(29)25(30)14-19/h7-9,12-16,23H,2-4,10-11,17H2,1H3. The van der Waals surface area contributed by atoms with Crippen LogP contribution in [0.25, 0.3) is 0 Å². The summed E-state index contributed by atoms with van der Waals surface area (Å²) in [6, 6.07) is 12.3. The first-order valence-corrected chi connectivity index (χ1v) is 11.0. The third kappa shape index (κ3) is 4.88. The SMILES string of the molecule is CCCCc1cc(F)c(C2CCc3cc(C#Cc4ccc(F)c(F)c4)ccc3C2)c(F)c1. The van der Waals surface area contributed by atoms with Gasteiger partial charge in [0.1, 0.15) is 11.6 Å². The highest BCUT2D eigenvalue weighted by Crippen LogP contribution is 2.36. The number of aryl methyl sites for hydroxylation is 2. The summed E-state index contributed by atoms with van der Waals surface area (Å²) < 4.78 is 55.9. The molecule has 0 radical (unpaired) electrons. The molecule has 0 aromatic heterocycles. The second-order valence-corrected chi connectivity index (χ2v) is 8.38. The van der Waals surface area contributed by atoms with Crippen molar-refractivity contribution in [3.05, 3.63) is 105 Å². The van der Waals surface area contributed by atoms with E-state index in [0.717, 1.165) is 41.7 Å². The molecule has 32 heavy (non-hydrogen) atoms. The molecular formula is C28H24F4. The molecule has 164 valence electrons. The van der Waals surface area contributed by atoms with Gasteiger partial charge < -0.3 is 0 Å². The highest BCUT2D eigenvalue weighted by Gasteiger charge is 2.26. The van der Waals surface area contributed by atoms with Gasteiger partial charge in [0, 0.05) is 16.7 Å². The lowest BCUT2D eigenvalue weighted by Gasteiger charge is -2.26. The summed E-state index contributed by atoms with van der Waals surface area (Å²) in [6.07, 6.45) is 4.53. The molecule has 0 spiro atoms. The maximum absolute atomic E-state index is 14.8. The summed E-state index contributed by atoms with van der Waals surface area (Å²) in [5.41, 5.74) is 4.25. The number of rotatable bonds is 4. The molecule has 4 heteroatoms. The van der Waals surface area contributed by atoms with Gasteiger partial charge in [-0.25, -0.2) is 17.6 Å². The first-order chi connectivity index (χ1) is 15.4. The summed E-state index contributed by atoms with van der Waals surface area (Å²) >= 11 is 0. The largest absolute Gasteiger partial charge is 0.207 e. The van der Waals surface area contributed by atoms with E-state index >= 15 is 0 Å². The summed E-state index contributed by atoms with van der Waals surface area (Å²) in [4.78, 5) is 0. The van der Waals surface area contributed by atoms with Crippen molar-refractivity contribution in [3.63, 3.8) is 0 Å². The lowest BCUT2D eigenvalue weighted by atomic mass is 9.79. The van der Waals surface area contributed by atoms with E-state index in [4.69, 9.17) is 0 Å². The molecule has 1 aliphatic carbocycles. The van der Waals surface area contributed by atoms with Crippen LogP contribution >= 0.6 is 0 Å². The Bertz CT molecular complexity index is 1180. The zero-order chi connectivity index (χ0) is 22.7. The quantitative estimate of drug-likeness (QED) is 0.298. The van der Waals surface area contributed by atoms with Crippen molar-refractivity contribution in [2.45, 2.75) is 51.4 Å². The van der Waals surface area contributed by atoms with E-state index in [9.17, 15) is 17.6 Å². The van der Waals surface area contributed by atoms with Crippen molar-refractivity contribution in [1.29, 1.82) is 0 Å². The van der Waals surface area contributed by atoms with Gasteiger partial charge in [0.25, 0.3) is 0 Å². The zero-order valence-electron chi connectivity index (χ0n) is 18.0. The maximum Gasteiger partial charge on any atom is 0.160 e. The van der Waals surface area contributed by atoms with Crippen molar-refractivity contribution < 1.29 is 17.6 Å². The van der Waals surface area contributed by atoms with Gasteiger partial charge in [-0.2, -0.15) is 0 Å². The Morgan fingerprint density at radius 3 is 2.16 bits per heavy atom. The number of benzene rings is 3. The van der Waals surface area contributed by atoms with Crippen LogP contribution in [0.2, 0.25) is 0 Å². The Kier molecular flexibility index (Phi) is 6.65.